The Labute approximate surface area is 266 Å². The molecule has 6 rings (SSSR count). The Balaban J connectivity index is 1.28. The standard InChI is InChI=1S/C41H38N4/c1-30-13-11-22-40(44-36-19-9-4-10-20-36)41(30)34-23-24-39(38(26-34)33-17-7-3-8-18-33)45-37-21-12-14-31(25-37)28-43-29-35(27-42)32-15-5-2-6-16-32/h2-12,14-27,29-30,42-45H,13,28H2,1H3/b35-29+,42-27?. The molecule has 0 heterocycles. The van der Waals surface area contributed by atoms with E-state index in [1.54, 1.807) is 0 Å². The van der Waals surface area contributed by atoms with E-state index in [4.69, 9.17) is 5.41 Å². The van der Waals surface area contributed by atoms with Crippen molar-refractivity contribution >= 4 is 34.4 Å². The van der Waals surface area contributed by atoms with E-state index in [1.807, 2.05) is 42.6 Å². The van der Waals surface area contributed by atoms with Gasteiger partial charge < -0.3 is 21.4 Å². The lowest BCUT2D eigenvalue weighted by molar-refractivity contribution is 0.752. The van der Waals surface area contributed by atoms with E-state index in [9.17, 15) is 0 Å². The van der Waals surface area contributed by atoms with Crippen molar-refractivity contribution in [3.05, 3.63) is 174 Å². The Kier molecular flexibility index (Phi) is 9.32. The van der Waals surface area contributed by atoms with E-state index >= 15 is 0 Å². The molecule has 5 aromatic rings. The molecule has 0 aliphatic heterocycles. The summed E-state index contributed by atoms with van der Waals surface area (Å²) in [6, 6.07) is 46.2. The minimum Gasteiger partial charge on any atom is -0.386 e. The molecule has 5 aromatic carbocycles. The van der Waals surface area contributed by atoms with Crippen molar-refractivity contribution in [3.8, 4) is 11.1 Å². The van der Waals surface area contributed by atoms with Crippen LogP contribution in [0.3, 0.4) is 0 Å². The van der Waals surface area contributed by atoms with E-state index in [1.165, 1.54) is 22.9 Å². The minimum absolute atomic E-state index is 0.386. The van der Waals surface area contributed by atoms with Crippen LogP contribution in [0.1, 0.15) is 30.0 Å². The molecule has 45 heavy (non-hydrogen) atoms. The van der Waals surface area contributed by atoms with Crippen LogP contribution < -0.4 is 16.0 Å². The predicted molar refractivity (Wildman–Crippen MR) is 192 cm³/mol. The van der Waals surface area contributed by atoms with Crippen molar-refractivity contribution in [2.24, 2.45) is 5.92 Å². The molecule has 222 valence electrons. The maximum absolute atomic E-state index is 7.83. The molecule has 1 aliphatic carbocycles. The zero-order valence-electron chi connectivity index (χ0n) is 25.5. The highest BCUT2D eigenvalue weighted by atomic mass is 14.9. The van der Waals surface area contributed by atoms with Crippen molar-refractivity contribution in [2.75, 3.05) is 10.6 Å². The van der Waals surface area contributed by atoms with Gasteiger partial charge in [0.05, 0.1) is 0 Å². The lowest BCUT2D eigenvalue weighted by Crippen LogP contribution is -2.11. The first kappa shape index (κ1) is 29.5. The summed E-state index contributed by atoms with van der Waals surface area (Å²) in [7, 11) is 0. The number of anilines is 3. The van der Waals surface area contributed by atoms with Crippen LogP contribution in [0.5, 0.6) is 0 Å². The summed E-state index contributed by atoms with van der Waals surface area (Å²) in [5.41, 5.74) is 12.2. The first-order valence-electron chi connectivity index (χ1n) is 15.5. The molecule has 0 radical (unpaired) electrons. The van der Waals surface area contributed by atoms with E-state index in [-0.39, 0.29) is 0 Å². The predicted octanol–water partition coefficient (Wildman–Crippen LogP) is 10.3. The van der Waals surface area contributed by atoms with Crippen molar-refractivity contribution in [1.82, 2.24) is 5.32 Å². The summed E-state index contributed by atoms with van der Waals surface area (Å²) in [4.78, 5) is 0. The number of hydrogen-bond acceptors (Lipinski definition) is 4. The lowest BCUT2D eigenvalue weighted by atomic mass is 9.85. The topological polar surface area (TPSA) is 59.9 Å². The Morgan fingerprint density at radius 3 is 2.20 bits per heavy atom. The molecule has 0 saturated carbocycles. The van der Waals surface area contributed by atoms with Crippen LogP contribution >= 0.6 is 0 Å². The smallest absolute Gasteiger partial charge is 0.0464 e. The normalized spacial score (nSPS) is 14.6. The number of allylic oxidation sites excluding steroid dienone is 4. The van der Waals surface area contributed by atoms with Crippen molar-refractivity contribution in [2.45, 2.75) is 19.9 Å². The van der Waals surface area contributed by atoms with Gasteiger partial charge in [0, 0.05) is 52.9 Å². The van der Waals surface area contributed by atoms with Gasteiger partial charge in [-0.05, 0) is 82.6 Å². The van der Waals surface area contributed by atoms with E-state index < -0.39 is 0 Å². The van der Waals surface area contributed by atoms with E-state index in [0.717, 1.165) is 51.4 Å². The van der Waals surface area contributed by atoms with Gasteiger partial charge in [0.1, 0.15) is 0 Å². The van der Waals surface area contributed by atoms with Gasteiger partial charge in [0.2, 0.25) is 0 Å². The van der Waals surface area contributed by atoms with Gasteiger partial charge in [-0.1, -0.05) is 110 Å². The molecular weight excluding hydrogens is 548 g/mol. The highest BCUT2D eigenvalue weighted by molar-refractivity contribution is 6.08. The maximum Gasteiger partial charge on any atom is 0.0464 e. The molecule has 0 bridgehead atoms. The fourth-order valence-corrected chi connectivity index (χ4v) is 5.80. The molecule has 1 atom stereocenters. The lowest BCUT2D eigenvalue weighted by Gasteiger charge is -2.25. The highest BCUT2D eigenvalue weighted by Crippen LogP contribution is 2.39. The second kappa shape index (κ2) is 14.2. The largest absolute Gasteiger partial charge is 0.386 e. The minimum atomic E-state index is 0.386. The zero-order valence-corrected chi connectivity index (χ0v) is 25.5. The summed E-state index contributed by atoms with van der Waals surface area (Å²) in [6.45, 7) is 2.96. The monoisotopic (exact) mass is 586 g/mol. The first-order chi connectivity index (χ1) is 22.2. The van der Waals surface area contributed by atoms with Crippen LogP contribution in [0.15, 0.2) is 158 Å². The Morgan fingerprint density at radius 1 is 0.733 bits per heavy atom. The molecule has 1 aliphatic rings. The van der Waals surface area contributed by atoms with Gasteiger partial charge in [0.15, 0.2) is 0 Å². The molecular formula is C41H38N4. The van der Waals surface area contributed by atoms with Crippen molar-refractivity contribution in [3.63, 3.8) is 0 Å². The number of hydrogen-bond donors (Lipinski definition) is 4. The first-order valence-corrected chi connectivity index (χ1v) is 15.5. The van der Waals surface area contributed by atoms with Crippen LogP contribution in [0.25, 0.3) is 22.3 Å². The van der Waals surface area contributed by atoms with E-state index in [0.29, 0.717) is 12.5 Å². The van der Waals surface area contributed by atoms with Gasteiger partial charge >= 0.3 is 0 Å². The molecule has 4 nitrogen and oxygen atoms in total. The molecule has 4 N–H and O–H groups in total. The number of nitrogens with one attached hydrogen (secondary N) is 4. The summed E-state index contributed by atoms with van der Waals surface area (Å²) >= 11 is 0. The fourth-order valence-electron chi connectivity index (χ4n) is 5.80. The fraction of sp³-hybridized carbons (Fsp3) is 0.0976. The third-order valence-corrected chi connectivity index (χ3v) is 8.06. The number of para-hydroxylation sites is 1. The summed E-state index contributed by atoms with van der Waals surface area (Å²) < 4.78 is 0. The third-order valence-electron chi connectivity index (χ3n) is 8.06. The molecule has 4 heteroatoms. The summed E-state index contributed by atoms with van der Waals surface area (Å²) in [5.74, 6) is 0.386. The SMILES string of the molecule is CC1CC=CC(Nc2ccccc2)=C1c1ccc(Nc2cccc(CN/C=C(\C=N)c3ccccc3)c2)c(-c2ccccc2)c1. The second-order valence-corrected chi connectivity index (χ2v) is 11.3. The molecule has 0 spiro atoms. The molecule has 0 amide bonds. The quantitative estimate of drug-likeness (QED) is 0.116. The highest BCUT2D eigenvalue weighted by Gasteiger charge is 2.20. The van der Waals surface area contributed by atoms with Crippen LogP contribution in [0.4, 0.5) is 17.1 Å². The van der Waals surface area contributed by atoms with Gasteiger partial charge in [0.25, 0.3) is 0 Å². The zero-order chi connectivity index (χ0) is 30.8. The van der Waals surface area contributed by atoms with Crippen LogP contribution in [-0.4, -0.2) is 6.21 Å². The molecule has 0 saturated heterocycles. The van der Waals surface area contributed by atoms with Crippen molar-refractivity contribution in [1.29, 1.82) is 5.41 Å². The van der Waals surface area contributed by atoms with Crippen LogP contribution in [0, 0.1) is 11.3 Å². The number of rotatable bonds is 11. The second-order valence-electron chi connectivity index (χ2n) is 11.3. The Bertz CT molecular complexity index is 1840. The average Bonchev–Trinajstić information content (AvgIpc) is 3.09. The average molecular weight is 587 g/mol. The van der Waals surface area contributed by atoms with Crippen LogP contribution in [-0.2, 0) is 6.54 Å². The van der Waals surface area contributed by atoms with Crippen molar-refractivity contribution < 1.29 is 0 Å². The molecule has 0 fully saturated rings. The van der Waals surface area contributed by atoms with Crippen LogP contribution in [0.2, 0.25) is 0 Å². The molecule has 0 aromatic heterocycles. The third kappa shape index (κ3) is 7.31. The van der Waals surface area contributed by atoms with Gasteiger partial charge in [-0.15, -0.1) is 0 Å². The van der Waals surface area contributed by atoms with Gasteiger partial charge in [-0.25, -0.2) is 0 Å². The van der Waals surface area contributed by atoms with Gasteiger partial charge in [-0.3, -0.25) is 0 Å². The molecule has 1 unspecified atom stereocenters. The Hall–Kier alpha value is -5.61. The maximum atomic E-state index is 7.83. The van der Waals surface area contributed by atoms with E-state index in [2.05, 4.69) is 132 Å². The summed E-state index contributed by atoms with van der Waals surface area (Å²) in [5, 5.41) is 18.6. The Morgan fingerprint density at radius 2 is 1.44 bits per heavy atom. The number of benzene rings is 5. The summed E-state index contributed by atoms with van der Waals surface area (Å²) in [6.07, 6.45) is 8.79. The van der Waals surface area contributed by atoms with Gasteiger partial charge in [-0.2, -0.15) is 0 Å².